The monoisotopic (exact) mass is 250 g/mol. The molecule has 98 valence electrons. The lowest BCUT2D eigenvalue weighted by atomic mass is 10.1. The van der Waals surface area contributed by atoms with Gasteiger partial charge in [-0.25, -0.2) is 4.79 Å². The van der Waals surface area contributed by atoms with E-state index in [0.717, 1.165) is 12.0 Å². The van der Waals surface area contributed by atoms with E-state index in [0.29, 0.717) is 12.8 Å². The fourth-order valence-corrected chi connectivity index (χ4v) is 1.64. The van der Waals surface area contributed by atoms with Gasteiger partial charge in [0.2, 0.25) is 0 Å². The van der Waals surface area contributed by atoms with Crippen LogP contribution in [0.3, 0.4) is 0 Å². The molecule has 18 heavy (non-hydrogen) atoms. The van der Waals surface area contributed by atoms with Crippen LogP contribution >= 0.6 is 0 Å². The van der Waals surface area contributed by atoms with Crippen molar-refractivity contribution in [2.45, 2.75) is 39.2 Å². The first-order chi connectivity index (χ1) is 8.52. The van der Waals surface area contributed by atoms with Gasteiger partial charge in [0.05, 0.1) is 5.56 Å². The lowest BCUT2D eigenvalue weighted by Crippen LogP contribution is -2.17. The summed E-state index contributed by atoms with van der Waals surface area (Å²) in [6.45, 7) is 3.76. The quantitative estimate of drug-likeness (QED) is 0.788. The van der Waals surface area contributed by atoms with Gasteiger partial charge < -0.3 is 9.84 Å². The van der Waals surface area contributed by atoms with Crippen LogP contribution in [0.1, 0.15) is 42.6 Å². The van der Waals surface area contributed by atoms with Crippen LogP contribution in [0.2, 0.25) is 0 Å². The lowest BCUT2D eigenvalue weighted by molar-refractivity contribution is -0.148. The van der Waals surface area contributed by atoms with Crippen molar-refractivity contribution in [2.75, 3.05) is 0 Å². The molecule has 0 aliphatic carbocycles. The predicted octanol–water partition coefficient (Wildman–Crippen LogP) is 2.66. The average molecular weight is 250 g/mol. The summed E-state index contributed by atoms with van der Waals surface area (Å²) < 4.78 is 5.22. The molecule has 0 radical (unpaired) electrons. The van der Waals surface area contributed by atoms with Gasteiger partial charge in [0, 0.05) is 12.8 Å². The molecule has 0 aromatic heterocycles. The number of carbonyl (C=O) groups is 2. The van der Waals surface area contributed by atoms with Crippen molar-refractivity contribution in [3.05, 3.63) is 35.4 Å². The van der Waals surface area contributed by atoms with Gasteiger partial charge in [0.25, 0.3) is 0 Å². The molecule has 0 amide bonds. The molecule has 1 rings (SSSR count). The first-order valence-corrected chi connectivity index (χ1v) is 6.04. The number of carbonyl (C=O) groups excluding carboxylic acids is 1. The Morgan fingerprint density at radius 1 is 1.28 bits per heavy atom. The number of benzene rings is 1. The normalized spacial score (nSPS) is 11.9. The van der Waals surface area contributed by atoms with Gasteiger partial charge in [-0.05, 0) is 31.0 Å². The highest BCUT2D eigenvalue weighted by Crippen LogP contribution is 2.09. The van der Waals surface area contributed by atoms with Crippen LogP contribution in [0.25, 0.3) is 0 Å². The smallest absolute Gasteiger partial charge is 0.335 e. The van der Waals surface area contributed by atoms with E-state index in [1.807, 2.05) is 13.8 Å². The summed E-state index contributed by atoms with van der Waals surface area (Å²) >= 11 is 0. The molecule has 1 atom stereocenters. The Bertz CT molecular complexity index is 408. The highest BCUT2D eigenvalue weighted by molar-refractivity contribution is 5.87. The van der Waals surface area contributed by atoms with Crippen LogP contribution in [0.15, 0.2) is 24.3 Å². The predicted molar refractivity (Wildman–Crippen MR) is 67.6 cm³/mol. The van der Waals surface area contributed by atoms with Crippen molar-refractivity contribution in [1.29, 1.82) is 0 Å². The van der Waals surface area contributed by atoms with Gasteiger partial charge in [-0.3, -0.25) is 4.79 Å². The molecule has 4 nitrogen and oxygen atoms in total. The Hall–Kier alpha value is -1.84. The topological polar surface area (TPSA) is 63.6 Å². The molecule has 0 bridgehead atoms. The van der Waals surface area contributed by atoms with E-state index >= 15 is 0 Å². The van der Waals surface area contributed by atoms with E-state index in [1.54, 1.807) is 24.3 Å². The molecule has 0 saturated carbocycles. The zero-order valence-electron chi connectivity index (χ0n) is 10.7. The third kappa shape index (κ3) is 4.57. The number of aromatic carboxylic acids is 1. The molecule has 0 aliphatic heterocycles. The minimum absolute atomic E-state index is 0.188. The van der Waals surface area contributed by atoms with Crippen LogP contribution in [0, 0.1) is 0 Å². The first-order valence-electron chi connectivity index (χ1n) is 6.04. The molecule has 1 N–H and O–H groups in total. The second kappa shape index (κ2) is 6.79. The highest BCUT2D eigenvalue weighted by atomic mass is 16.5. The lowest BCUT2D eigenvalue weighted by Gasteiger charge is -2.13. The Balaban J connectivity index is 2.51. The van der Waals surface area contributed by atoms with Crippen molar-refractivity contribution in [3.63, 3.8) is 0 Å². The van der Waals surface area contributed by atoms with E-state index in [4.69, 9.17) is 9.84 Å². The molecule has 0 fully saturated rings. The van der Waals surface area contributed by atoms with Crippen molar-refractivity contribution in [1.82, 2.24) is 0 Å². The number of ether oxygens (including phenoxy) is 1. The van der Waals surface area contributed by atoms with Crippen LogP contribution < -0.4 is 0 Å². The number of esters is 1. The fraction of sp³-hybridized carbons (Fsp3) is 0.429. The van der Waals surface area contributed by atoms with Crippen molar-refractivity contribution in [3.8, 4) is 0 Å². The number of hydrogen-bond acceptors (Lipinski definition) is 3. The van der Waals surface area contributed by atoms with E-state index in [2.05, 4.69) is 0 Å². The molecular formula is C14H18O4. The van der Waals surface area contributed by atoms with Gasteiger partial charge in [-0.2, -0.15) is 0 Å². The average Bonchev–Trinajstić information content (AvgIpc) is 2.29. The molecular weight excluding hydrogens is 232 g/mol. The number of carboxylic acid groups (broad SMARTS) is 1. The second-order valence-electron chi connectivity index (χ2n) is 4.26. The molecule has 0 heterocycles. The molecule has 0 aliphatic rings. The third-order valence-electron chi connectivity index (χ3n) is 2.51. The summed E-state index contributed by atoms with van der Waals surface area (Å²) in [4.78, 5) is 22.0. The second-order valence-corrected chi connectivity index (χ2v) is 4.26. The van der Waals surface area contributed by atoms with Gasteiger partial charge in [-0.1, -0.05) is 19.1 Å². The number of carboxylic acids is 1. The SMILES string of the molecule is CCCC(=O)OC(C)Cc1ccc(C(=O)O)cc1. The van der Waals surface area contributed by atoms with Gasteiger partial charge in [-0.15, -0.1) is 0 Å². The highest BCUT2D eigenvalue weighted by Gasteiger charge is 2.10. The molecule has 0 spiro atoms. The minimum Gasteiger partial charge on any atom is -0.478 e. The molecule has 0 saturated heterocycles. The Labute approximate surface area is 107 Å². The van der Waals surface area contributed by atoms with E-state index < -0.39 is 5.97 Å². The molecule has 4 heteroatoms. The number of hydrogen-bond donors (Lipinski definition) is 1. The van der Waals surface area contributed by atoms with Gasteiger partial charge in [0.1, 0.15) is 6.10 Å². The Morgan fingerprint density at radius 2 is 1.89 bits per heavy atom. The van der Waals surface area contributed by atoms with Crippen LogP contribution in [0.5, 0.6) is 0 Å². The Kier molecular flexibility index (Phi) is 5.36. The molecule has 1 unspecified atom stereocenters. The zero-order valence-corrected chi connectivity index (χ0v) is 10.7. The third-order valence-corrected chi connectivity index (χ3v) is 2.51. The summed E-state index contributed by atoms with van der Waals surface area (Å²) in [5, 5.41) is 8.77. The van der Waals surface area contributed by atoms with Gasteiger partial charge in [0.15, 0.2) is 0 Å². The minimum atomic E-state index is -0.941. The standard InChI is InChI=1S/C14H18O4/c1-3-4-13(15)18-10(2)9-11-5-7-12(8-6-11)14(16)17/h5-8,10H,3-4,9H2,1-2H3,(H,16,17). The first kappa shape index (κ1) is 14.2. The maximum absolute atomic E-state index is 11.3. The largest absolute Gasteiger partial charge is 0.478 e. The van der Waals surface area contributed by atoms with E-state index in [-0.39, 0.29) is 17.6 Å². The van der Waals surface area contributed by atoms with Crippen LogP contribution in [-0.2, 0) is 16.0 Å². The maximum Gasteiger partial charge on any atom is 0.335 e. The Morgan fingerprint density at radius 3 is 2.39 bits per heavy atom. The number of rotatable bonds is 6. The molecule has 1 aromatic rings. The van der Waals surface area contributed by atoms with Gasteiger partial charge >= 0.3 is 11.9 Å². The summed E-state index contributed by atoms with van der Waals surface area (Å²) in [5.41, 5.74) is 1.21. The van der Waals surface area contributed by atoms with E-state index in [1.165, 1.54) is 0 Å². The van der Waals surface area contributed by atoms with Crippen molar-refractivity contribution in [2.24, 2.45) is 0 Å². The molecule has 1 aromatic carbocycles. The summed E-state index contributed by atoms with van der Waals surface area (Å²) in [6, 6.07) is 6.59. The summed E-state index contributed by atoms with van der Waals surface area (Å²) in [5.74, 6) is -1.13. The van der Waals surface area contributed by atoms with Crippen molar-refractivity contribution < 1.29 is 19.4 Å². The van der Waals surface area contributed by atoms with Crippen LogP contribution in [-0.4, -0.2) is 23.1 Å². The zero-order chi connectivity index (χ0) is 13.5. The van der Waals surface area contributed by atoms with Crippen molar-refractivity contribution >= 4 is 11.9 Å². The summed E-state index contributed by atoms with van der Waals surface area (Å²) in [7, 11) is 0. The fourth-order valence-electron chi connectivity index (χ4n) is 1.64. The maximum atomic E-state index is 11.3. The van der Waals surface area contributed by atoms with E-state index in [9.17, 15) is 9.59 Å². The summed E-state index contributed by atoms with van der Waals surface area (Å²) in [6.07, 6.45) is 1.61. The van der Waals surface area contributed by atoms with Crippen LogP contribution in [0.4, 0.5) is 0 Å².